The van der Waals surface area contributed by atoms with E-state index < -0.39 is 21.3 Å². The Morgan fingerprint density at radius 2 is 2.09 bits per heavy atom. The van der Waals surface area contributed by atoms with E-state index in [4.69, 9.17) is 4.55 Å². The third kappa shape index (κ3) is 3.94. The van der Waals surface area contributed by atoms with Gasteiger partial charge < -0.3 is 5.32 Å². The molecule has 0 rings (SSSR count). The van der Waals surface area contributed by atoms with Crippen LogP contribution in [0.4, 0.5) is 0 Å². The molecule has 0 aliphatic heterocycles. The fourth-order valence-corrected chi connectivity index (χ4v) is 0.830. The lowest BCUT2D eigenvalue weighted by Crippen LogP contribution is -2.27. The molecule has 11 heavy (non-hydrogen) atoms. The van der Waals surface area contributed by atoms with Gasteiger partial charge in [-0.3, -0.25) is 9.35 Å². The van der Waals surface area contributed by atoms with Crippen LogP contribution < -0.4 is 5.32 Å². The second-order valence-corrected chi connectivity index (χ2v) is 4.04. The highest BCUT2D eigenvalue weighted by Gasteiger charge is 2.19. The average molecular weight is 181 g/mol. The molecule has 66 valence electrons. The van der Waals surface area contributed by atoms with Crippen LogP contribution in [0.3, 0.4) is 0 Å². The molecule has 0 aliphatic carbocycles. The highest BCUT2D eigenvalue weighted by atomic mass is 32.2. The molecule has 2 N–H and O–H groups in total. The average Bonchev–Trinajstić information content (AvgIpc) is 1.85. The van der Waals surface area contributed by atoms with Gasteiger partial charge in [-0.1, -0.05) is 0 Å². The van der Waals surface area contributed by atoms with Crippen LogP contribution >= 0.6 is 0 Å². The smallest absolute Gasteiger partial charge is 0.268 e. The van der Waals surface area contributed by atoms with Crippen LogP contribution in [0.1, 0.15) is 13.3 Å². The maximum absolute atomic E-state index is 10.6. The van der Waals surface area contributed by atoms with E-state index in [1.807, 2.05) is 0 Å². The van der Waals surface area contributed by atoms with Crippen molar-refractivity contribution >= 4 is 16.0 Å². The third-order valence-electron chi connectivity index (χ3n) is 1.26. The Kier molecular flexibility index (Phi) is 3.47. The monoisotopic (exact) mass is 181 g/mol. The fourth-order valence-electron chi connectivity index (χ4n) is 0.468. The lowest BCUT2D eigenvalue weighted by molar-refractivity contribution is -0.120. The van der Waals surface area contributed by atoms with Gasteiger partial charge in [0.1, 0.15) is 0 Å². The standard InChI is InChI=1S/C5H11NO4S/c1-4(11(8,9)10)3-5(7)6-2/h4H,3H2,1-2H3,(H,6,7)(H,8,9,10). The summed E-state index contributed by atoms with van der Waals surface area (Å²) in [5, 5.41) is 1.21. The Balaban J connectivity index is 4.10. The molecule has 6 heteroatoms. The van der Waals surface area contributed by atoms with Gasteiger partial charge in [-0.15, -0.1) is 0 Å². The summed E-state index contributed by atoms with van der Waals surface area (Å²) in [6.45, 7) is 1.27. The van der Waals surface area contributed by atoms with Crippen LogP contribution in [0, 0.1) is 0 Å². The number of nitrogens with one attached hydrogen (secondary N) is 1. The maximum Gasteiger partial charge on any atom is 0.268 e. The van der Waals surface area contributed by atoms with Crippen molar-refractivity contribution in [3.8, 4) is 0 Å². The molecule has 0 aliphatic rings. The first-order valence-corrected chi connectivity index (χ1v) is 4.55. The van der Waals surface area contributed by atoms with Crippen molar-refractivity contribution in [3.63, 3.8) is 0 Å². The molecule has 1 amide bonds. The maximum atomic E-state index is 10.6. The predicted molar refractivity (Wildman–Crippen MR) is 39.7 cm³/mol. The van der Waals surface area contributed by atoms with Gasteiger partial charge in [0, 0.05) is 13.5 Å². The van der Waals surface area contributed by atoms with Gasteiger partial charge in [0.15, 0.2) is 0 Å². The summed E-state index contributed by atoms with van der Waals surface area (Å²) in [6, 6.07) is 0. The summed E-state index contributed by atoms with van der Waals surface area (Å²) in [7, 11) is -2.67. The van der Waals surface area contributed by atoms with E-state index in [-0.39, 0.29) is 6.42 Å². The van der Waals surface area contributed by atoms with Crippen molar-refractivity contribution in [2.24, 2.45) is 0 Å². The Morgan fingerprint density at radius 3 is 2.36 bits per heavy atom. The van der Waals surface area contributed by atoms with Gasteiger partial charge >= 0.3 is 0 Å². The number of amides is 1. The van der Waals surface area contributed by atoms with E-state index in [9.17, 15) is 13.2 Å². The van der Waals surface area contributed by atoms with E-state index in [1.54, 1.807) is 0 Å². The molecule has 0 spiro atoms. The number of hydrogen-bond donors (Lipinski definition) is 2. The lowest BCUT2D eigenvalue weighted by atomic mass is 10.3. The van der Waals surface area contributed by atoms with E-state index in [0.717, 1.165) is 0 Å². The van der Waals surface area contributed by atoms with E-state index in [2.05, 4.69) is 5.32 Å². The Morgan fingerprint density at radius 1 is 1.64 bits per heavy atom. The Bertz CT molecular complexity index is 233. The molecule has 0 heterocycles. The minimum atomic E-state index is -4.07. The van der Waals surface area contributed by atoms with E-state index in [1.165, 1.54) is 14.0 Å². The summed E-state index contributed by atoms with van der Waals surface area (Å²) in [4.78, 5) is 10.6. The second-order valence-electron chi connectivity index (χ2n) is 2.20. The largest absolute Gasteiger partial charge is 0.359 e. The van der Waals surface area contributed by atoms with Crippen molar-refractivity contribution in [1.29, 1.82) is 0 Å². The molecule has 0 aromatic carbocycles. The first-order valence-electron chi connectivity index (χ1n) is 3.04. The van der Waals surface area contributed by atoms with Crippen molar-refractivity contribution in [2.45, 2.75) is 18.6 Å². The molecule has 1 atom stereocenters. The van der Waals surface area contributed by atoms with Gasteiger partial charge in [-0.05, 0) is 6.92 Å². The topological polar surface area (TPSA) is 83.5 Å². The molecule has 0 saturated carbocycles. The number of carbonyl (C=O) groups excluding carboxylic acids is 1. The number of rotatable bonds is 3. The Labute approximate surface area is 65.5 Å². The molecule has 0 fully saturated rings. The molecule has 1 unspecified atom stereocenters. The number of carbonyl (C=O) groups is 1. The third-order valence-corrected chi connectivity index (χ3v) is 2.44. The van der Waals surface area contributed by atoms with Crippen molar-refractivity contribution in [2.75, 3.05) is 7.05 Å². The quantitative estimate of drug-likeness (QED) is 0.569. The zero-order chi connectivity index (χ0) is 9.07. The summed E-state index contributed by atoms with van der Waals surface area (Å²) in [5.74, 6) is -0.407. The minimum absolute atomic E-state index is 0.213. The molecule has 0 saturated heterocycles. The number of hydrogen-bond acceptors (Lipinski definition) is 3. The van der Waals surface area contributed by atoms with Gasteiger partial charge in [0.25, 0.3) is 10.1 Å². The Hall–Kier alpha value is -0.620. The molecular formula is C5H11NO4S. The van der Waals surface area contributed by atoms with Crippen LogP contribution in [-0.2, 0) is 14.9 Å². The zero-order valence-corrected chi connectivity index (χ0v) is 7.18. The normalized spacial score (nSPS) is 14.1. The summed E-state index contributed by atoms with van der Waals surface area (Å²) in [6.07, 6.45) is -0.213. The van der Waals surface area contributed by atoms with Crippen LogP contribution in [-0.4, -0.2) is 31.2 Å². The van der Waals surface area contributed by atoms with E-state index >= 15 is 0 Å². The van der Waals surface area contributed by atoms with Crippen LogP contribution in [0.5, 0.6) is 0 Å². The van der Waals surface area contributed by atoms with E-state index in [0.29, 0.717) is 0 Å². The van der Waals surface area contributed by atoms with Gasteiger partial charge in [0.05, 0.1) is 5.25 Å². The molecule has 0 radical (unpaired) electrons. The van der Waals surface area contributed by atoms with Crippen LogP contribution in [0.2, 0.25) is 0 Å². The second kappa shape index (κ2) is 3.68. The van der Waals surface area contributed by atoms with Crippen molar-refractivity contribution in [3.05, 3.63) is 0 Å². The first kappa shape index (κ1) is 10.4. The van der Waals surface area contributed by atoms with Crippen LogP contribution in [0.15, 0.2) is 0 Å². The zero-order valence-electron chi connectivity index (χ0n) is 6.36. The molecule has 0 aromatic rings. The summed E-state index contributed by atoms with van der Waals surface area (Å²) >= 11 is 0. The van der Waals surface area contributed by atoms with Crippen molar-refractivity contribution in [1.82, 2.24) is 5.32 Å². The highest BCUT2D eigenvalue weighted by molar-refractivity contribution is 7.86. The van der Waals surface area contributed by atoms with Crippen molar-refractivity contribution < 1.29 is 17.8 Å². The molecule has 0 aromatic heterocycles. The highest BCUT2D eigenvalue weighted by Crippen LogP contribution is 2.01. The first-order chi connectivity index (χ1) is 4.88. The van der Waals surface area contributed by atoms with Gasteiger partial charge in [-0.25, -0.2) is 0 Å². The van der Waals surface area contributed by atoms with Crippen LogP contribution in [0.25, 0.3) is 0 Å². The summed E-state index contributed by atoms with van der Waals surface area (Å²) < 4.78 is 29.1. The predicted octanol–water partition coefficient (Wildman–Crippen LogP) is -0.601. The SMILES string of the molecule is CNC(=O)CC(C)S(=O)(=O)O. The summed E-state index contributed by atoms with van der Waals surface area (Å²) in [5.41, 5.74) is 0. The molecule has 0 bridgehead atoms. The minimum Gasteiger partial charge on any atom is -0.359 e. The van der Waals surface area contributed by atoms with Gasteiger partial charge in [0.2, 0.25) is 5.91 Å². The lowest BCUT2D eigenvalue weighted by Gasteiger charge is -2.05. The molecular weight excluding hydrogens is 170 g/mol. The fraction of sp³-hybridized carbons (Fsp3) is 0.800. The molecule has 5 nitrogen and oxygen atoms in total. The van der Waals surface area contributed by atoms with Gasteiger partial charge in [-0.2, -0.15) is 8.42 Å².